The lowest BCUT2D eigenvalue weighted by Gasteiger charge is -2.07. The highest BCUT2D eigenvalue weighted by Gasteiger charge is 2.15. The van der Waals surface area contributed by atoms with E-state index in [2.05, 4.69) is 0 Å². The fraction of sp³-hybridized carbons (Fsp3) is 0.0714. The highest BCUT2D eigenvalue weighted by atomic mass is 35.5. The summed E-state index contributed by atoms with van der Waals surface area (Å²) < 4.78 is 26.6. The zero-order chi connectivity index (χ0) is 14.9. The van der Waals surface area contributed by atoms with Gasteiger partial charge in [-0.25, -0.2) is 8.78 Å². The molecule has 2 rings (SSSR count). The number of anilines is 1. The smallest absolute Gasteiger partial charge is 0.167 e. The van der Waals surface area contributed by atoms with Gasteiger partial charge in [0.1, 0.15) is 0 Å². The van der Waals surface area contributed by atoms with Crippen molar-refractivity contribution in [3.05, 3.63) is 63.1 Å². The summed E-state index contributed by atoms with van der Waals surface area (Å²) in [6.07, 6.45) is -0.291. The molecule has 0 aromatic heterocycles. The topological polar surface area (TPSA) is 43.1 Å². The van der Waals surface area contributed by atoms with Gasteiger partial charge >= 0.3 is 0 Å². The van der Waals surface area contributed by atoms with Crippen molar-refractivity contribution in [2.45, 2.75) is 6.42 Å². The maximum absolute atomic E-state index is 13.5. The molecule has 0 fully saturated rings. The molecular formula is C14H9Cl2F2NO. The molecular weight excluding hydrogens is 307 g/mol. The summed E-state index contributed by atoms with van der Waals surface area (Å²) in [5.41, 5.74) is 5.89. The van der Waals surface area contributed by atoms with Crippen LogP contribution in [0.4, 0.5) is 14.5 Å². The quantitative estimate of drug-likeness (QED) is 0.678. The Balaban J connectivity index is 2.31. The van der Waals surface area contributed by atoms with Gasteiger partial charge in [-0.2, -0.15) is 0 Å². The fourth-order valence-electron chi connectivity index (χ4n) is 1.71. The molecule has 2 N–H and O–H groups in total. The van der Waals surface area contributed by atoms with Gasteiger partial charge in [-0.15, -0.1) is 0 Å². The van der Waals surface area contributed by atoms with Crippen molar-refractivity contribution in [2.75, 3.05) is 5.73 Å². The Morgan fingerprint density at radius 2 is 1.75 bits per heavy atom. The van der Waals surface area contributed by atoms with Crippen LogP contribution in [0.15, 0.2) is 30.3 Å². The van der Waals surface area contributed by atoms with Crippen LogP contribution in [0.3, 0.4) is 0 Å². The Morgan fingerprint density at radius 3 is 2.35 bits per heavy atom. The van der Waals surface area contributed by atoms with E-state index in [1.807, 2.05) is 0 Å². The van der Waals surface area contributed by atoms with Gasteiger partial charge in [-0.3, -0.25) is 4.79 Å². The van der Waals surface area contributed by atoms with E-state index in [1.165, 1.54) is 24.3 Å². The number of carbonyl (C=O) groups is 1. The second-order valence-electron chi connectivity index (χ2n) is 4.17. The molecule has 6 heteroatoms. The third kappa shape index (κ3) is 2.92. The molecule has 0 spiro atoms. The molecule has 0 aliphatic heterocycles. The van der Waals surface area contributed by atoms with Crippen LogP contribution in [-0.4, -0.2) is 5.78 Å². The molecule has 2 aromatic carbocycles. The van der Waals surface area contributed by atoms with Crippen LogP contribution in [0.1, 0.15) is 15.9 Å². The lowest BCUT2D eigenvalue weighted by molar-refractivity contribution is 0.0991. The Bertz CT molecular complexity index is 666. The number of Topliss-reactive ketones (excluding diaryl/α,β-unsaturated/α-hetero) is 1. The predicted octanol–water partition coefficient (Wildman–Crippen LogP) is 4.28. The third-order valence-corrected chi connectivity index (χ3v) is 3.41. The third-order valence-electron chi connectivity index (χ3n) is 2.78. The molecule has 0 atom stereocenters. The van der Waals surface area contributed by atoms with Crippen molar-refractivity contribution in [2.24, 2.45) is 0 Å². The Hall–Kier alpha value is -1.65. The van der Waals surface area contributed by atoms with Crippen LogP contribution in [0.2, 0.25) is 10.0 Å². The van der Waals surface area contributed by atoms with Crippen LogP contribution in [0, 0.1) is 11.6 Å². The van der Waals surface area contributed by atoms with Crippen molar-refractivity contribution < 1.29 is 13.6 Å². The average Bonchev–Trinajstić information content (AvgIpc) is 2.40. The average molecular weight is 316 g/mol. The molecule has 0 amide bonds. The van der Waals surface area contributed by atoms with E-state index >= 15 is 0 Å². The van der Waals surface area contributed by atoms with Gasteiger partial charge in [0.2, 0.25) is 0 Å². The first-order valence-corrected chi connectivity index (χ1v) is 6.36. The standard InChI is InChI=1S/C14H9Cl2F2NO/c15-9-4-8(5-10(16)14(9)19)12(20)6-7-2-1-3-11(17)13(7)18/h1-5H,6,19H2. The van der Waals surface area contributed by atoms with Crippen LogP contribution in [-0.2, 0) is 6.42 Å². The summed E-state index contributed by atoms with van der Waals surface area (Å²) in [5, 5.41) is 0.279. The number of hydrogen-bond acceptors (Lipinski definition) is 2. The zero-order valence-corrected chi connectivity index (χ0v) is 11.6. The highest BCUT2D eigenvalue weighted by molar-refractivity contribution is 6.39. The first kappa shape index (κ1) is 14.8. The molecule has 0 aliphatic rings. The molecule has 0 unspecified atom stereocenters. The Labute approximate surface area is 124 Å². The second-order valence-corrected chi connectivity index (χ2v) is 4.98. The molecule has 0 saturated heterocycles. The first-order chi connectivity index (χ1) is 9.40. The van der Waals surface area contributed by atoms with E-state index in [4.69, 9.17) is 28.9 Å². The van der Waals surface area contributed by atoms with E-state index in [0.29, 0.717) is 0 Å². The minimum Gasteiger partial charge on any atom is -0.396 e. The number of benzene rings is 2. The summed E-state index contributed by atoms with van der Waals surface area (Å²) >= 11 is 11.7. The van der Waals surface area contributed by atoms with Crippen molar-refractivity contribution in [1.29, 1.82) is 0 Å². The summed E-state index contributed by atoms with van der Waals surface area (Å²) in [5.74, 6) is -2.46. The van der Waals surface area contributed by atoms with Crippen LogP contribution < -0.4 is 5.73 Å². The maximum Gasteiger partial charge on any atom is 0.167 e. The molecule has 20 heavy (non-hydrogen) atoms. The number of nitrogen functional groups attached to an aromatic ring is 1. The number of nitrogens with two attached hydrogens (primary N) is 1. The first-order valence-electron chi connectivity index (χ1n) is 5.60. The van der Waals surface area contributed by atoms with Crippen molar-refractivity contribution in [1.82, 2.24) is 0 Å². The van der Waals surface area contributed by atoms with Crippen molar-refractivity contribution in [3.63, 3.8) is 0 Å². The summed E-state index contributed by atoms with van der Waals surface area (Å²) in [4.78, 5) is 12.0. The number of ketones is 1. The molecule has 0 aliphatic carbocycles. The van der Waals surface area contributed by atoms with Crippen LogP contribution in [0.5, 0.6) is 0 Å². The molecule has 2 aromatic rings. The lowest BCUT2D eigenvalue weighted by Crippen LogP contribution is -2.07. The van der Waals surface area contributed by atoms with Crippen LogP contribution >= 0.6 is 23.2 Å². The maximum atomic E-state index is 13.5. The predicted molar refractivity (Wildman–Crippen MR) is 75.3 cm³/mol. The number of hydrogen-bond donors (Lipinski definition) is 1. The monoisotopic (exact) mass is 315 g/mol. The number of rotatable bonds is 3. The van der Waals surface area contributed by atoms with Gasteiger partial charge in [0.25, 0.3) is 0 Å². The largest absolute Gasteiger partial charge is 0.396 e. The van der Waals surface area contributed by atoms with Gasteiger partial charge in [-0.05, 0) is 23.8 Å². The minimum atomic E-state index is -1.03. The summed E-state index contributed by atoms with van der Waals surface area (Å²) in [6, 6.07) is 6.37. The minimum absolute atomic E-state index is 0.0286. The SMILES string of the molecule is Nc1c(Cl)cc(C(=O)Cc2cccc(F)c2F)cc1Cl. The molecule has 0 radical (unpaired) electrons. The van der Waals surface area contributed by atoms with Gasteiger partial charge in [0.15, 0.2) is 17.4 Å². The van der Waals surface area contributed by atoms with E-state index in [1.54, 1.807) is 0 Å². The van der Waals surface area contributed by atoms with Crippen molar-refractivity contribution in [3.8, 4) is 0 Å². The molecule has 0 bridgehead atoms. The lowest BCUT2D eigenvalue weighted by atomic mass is 10.0. The molecule has 104 valence electrons. The van der Waals surface area contributed by atoms with Crippen molar-refractivity contribution >= 4 is 34.7 Å². The summed E-state index contributed by atoms with van der Waals surface area (Å²) in [7, 11) is 0. The van der Waals surface area contributed by atoms with Gasteiger partial charge in [0.05, 0.1) is 15.7 Å². The van der Waals surface area contributed by atoms with E-state index in [9.17, 15) is 13.6 Å². The van der Waals surface area contributed by atoms with E-state index in [-0.39, 0.29) is 33.3 Å². The fourth-order valence-corrected chi connectivity index (χ4v) is 2.19. The Kier molecular flexibility index (Phi) is 4.26. The van der Waals surface area contributed by atoms with E-state index in [0.717, 1.165) is 6.07 Å². The van der Waals surface area contributed by atoms with Gasteiger partial charge in [0, 0.05) is 12.0 Å². The zero-order valence-electron chi connectivity index (χ0n) is 10.1. The van der Waals surface area contributed by atoms with Gasteiger partial charge < -0.3 is 5.73 Å². The molecule has 2 nitrogen and oxygen atoms in total. The van der Waals surface area contributed by atoms with Crippen LogP contribution in [0.25, 0.3) is 0 Å². The normalized spacial score (nSPS) is 10.6. The summed E-state index contributed by atoms with van der Waals surface area (Å²) in [6.45, 7) is 0. The molecule has 0 saturated carbocycles. The number of halogens is 4. The molecule has 0 heterocycles. The highest BCUT2D eigenvalue weighted by Crippen LogP contribution is 2.29. The second kappa shape index (κ2) is 5.77. The number of carbonyl (C=O) groups excluding carboxylic acids is 1. The van der Waals surface area contributed by atoms with E-state index < -0.39 is 17.4 Å². The Morgan fingerprint density at radius 1 is 1.15 bits per heavy atom. The van der Waals surface area contributed by atoms with Gasteiger partial charge in [-0.1, -0.05) is 35.3 Å².